The summed E-state index contributed by atoms with van der Waals surface area (Å²) in [4.78, 5) is 24.3. The molecule has 0 bridgehead atoms. The monoisotopic (exact) mass is 272 g/mol. The maximum Gasteiger partial charge on any atom is 0.343 e. The number of hydrogen-bond donors (Lipinski definition) is 1. The minimum Gasteiger partial charge on any atom is -0.465 e. The molecule has 2 N–H and O–H groups in total. The largest absolute Gasteiger partial charge is 0.465 e. The highest BCUT2D eigenvalue weighted by atomic mass is 16.5. The number of esters is 1. The quantitative estimate of drug-likeness (QED) is 0.856. The molecule has 6 nitrogen and oxygen atoms in total. The van der Waals surface area contributed by atoms with Gasteiger partial charge in [-0.05, 0) is 25.0 Å². The normalized spacial score (nSPS) is 10.3. The minimum atomic E-state index is -0.531. The summed E-state index contributed by atoms with van der Waals surface area (Å²) in [6.07, 6.45) is 4.26. The van der Waals surface area contributed by atoms with E-state index in [0.29, 0.717) is 11.5 Å². The third-order valence-electron chi connectivity index (χ3n) is 3.03. The number of aryl methyl sites for hydroxylation is 2. The van der Waals surface area contributed by atoms with E-state index >= 15 is 0 Å². The van der Waals surface area contributed by atoms with Gasteiger partial charge in [-0.15, -0.1) is 0 Å². The van der Waals surface area contributed by atoms with Crippen molar-refractivity contribution in [1.29, 1.82) is 0 Å². The lowest BCUT2D eigenvalue weighted by Crippen LogP contribution is -2.12. The van der Waals surface area contributed by atoms with Crippen molar-refractivity contribution in [2.45, 2.75) is 20.3 Å². The van der Waals surface area contributed by atoms with Crippen LogP contribution in [0.4, 0.5) is 5.82 Å². The highest BCUT2D eigenvalue weighted by Crippen LogP contribution is 2.23. The number of carbonyl (C=O) groups excluding carboxylic acids is 1. The number of rotatable bonds is 3. The van der Waals surface area contributed by atoms with Crippen molar-refractivity contribution >= 4 is 11.8 Å². The first-order chi connectivity index (χ1) is 9.58. The zero-order valence-electron chi connectivity index (χ0n) is 11.7. The van der Waals surface area contributed by atoms with E-state index in [0.717, 1.165) is 17.5 Å². The molecule has 6 heteroatoms. The highest BCUT2D eigenvalue weighted by molar-refractivity contribution is 5.95. The van der Waals surface area contributed by atoms with Gasteiger partial charge in [0.05, 0.1) is 12.8 Å². The molecule has 0 aliphatic heterocycles. The van der Waals surface area contributed by atoms with Gasteiger partial charge in [0, 0.05) is 18.0 Å². The number of hydrogen-bond acceptors (Lipinski definition) is 6. The number of methoxy groups -OCH3 is 1. The lowest BCUT2D eigenvalue weighted by atomic mass is 10.1. The van der Waals surface area contributed by atoms with Crippen molar-refractivity contribution in [3.05, 3.63) is 35.3 Å². The Morgan fingerprint density at radius 2 is 2.15 bits per heavy atom. The number of anilines is 1. The molecule has 2 rings (SSSR count). The predicted octanol–water partition coefficient (Wildman–Crippen LogP) is 1.78. The Labute approximate surface area is 117 Å². The summed E-state index contributed by atoms with van der Waals surface area (Å²) >= 11 is 0. The van der Waals surface area contributed by atoms with Gasteiger partial charge in [-0.25, -0.2) is 14.8 Å². The van der Waals surface area contributed by atoms with Crippen LogP contribution in [0.15, 0.2) is 18.5 Å². The zero-order valence-corrected chi connectivity index (χ0v) is 11.7. The molecule has 0 fully saturated rings. The topological polar surface area (TPSA) is 91.0 Å². The van der Waals surface area contributed by atoms with Gasteiger partial charge < -0.3 is 10.5 Å². The van der Waals surface area contributed by atoms with Crippen LogP contribution in [0.1, 0.15) is 28.5 Å². The van der Waals surface area contributed by atoms with Crippen LogP contribution in [0.25, 0.3) is 11.4 Å². The third-order valence-corrected chi connectivity index (χ3v) is 3.03. The molecule has 0 saturated heterocycles. The van der Waals surface area contributed by atoms with Crippen LogP contribution in [0, 0.1) is 6.92 Å². The molecule has 0 aliphatic rings. The van der Waals surface area contributed by atoms with Gasteiger partial charge in [0.2, 0.25) is 0 Å². The number of pyridine rings is 1. The molecule has 20 heavy (non-hydrogen) atoms. The number of carbonyl (C=O) groups is 1. The van der Waals surface area contributed by atoms with Crippen LogP contribution in [-0.4, -0.2) is 28.0 Å². The first-order valence-electron chi connectivity index (χ1n) is 6.24. The Hall–Kier alpha value is -2.50. The Morgan fingerprint density at radius 1 is 1.40 bits per heavy atom. The summed E-state index contributed by atoms with van der Waals surface area (Å²) in [6, 6.07) is 1.84. The van der Waals surface area contributed by atoms with E-state index in [1.165, 1.54) is 7.11 Å². The molecular formula is C14H16N4O2. The maximum absolute atomic E-state index is 11.6. The highest BCUT2D eigenvalue weighted by Gasteiger charge is 2.18. The minimum absolute atomic E-state index is 0.123. The SMILES string of the molecule is CCc1cnccc1-c1nc(C)c(C(=O)OC)c(N)n1. The summed E-state index contributed by atoms with van der Waals surface area (Å²) in [5.41, 5.74) is 8.46. The first-order valence-corrected chi connectivity index (χ1v) is 6.24. The molecule has 2 heterocycles. The van der Waals surface area contributed by atoms with Gasteiger partial charge in [-0.2, -0.15) is 0 Å². The summed E-state index contributed by atoms with van der Waals surface area (Å²) in [5, 5.41) is 0. The van der Waals surface area contributed by atoms with E-state index in [2.05, 4.69) is 19.7 Å². The van der Waals surface area contributed by atoms with Crippen molar-refractivity contribution in [2.24, 2.45) is 0 Å². The van der Waals surface area contributed by atoms with Crippen molar-refractivity contribution in [1.82, 2.24) is 15.0 Å². The average Bonchev–Trinajstić information content (AvgIpc) is 2.46. The van der Waals surface area contributed by atoms with E-state index in [4.69, 9.17) is 5.73 Å². The van der Waals surface area contributed by atoms with Crippen LogP contribution < -0.4 is 5.73 Å². The Morgan fingerprint density at radius 3 is 2.75 bits per heavy atom. The van der Waals surface area contributed by atoms with Crippen molar-refractivity contribution in [3.63, 3.8) is 0 Å². The molecule has 2 aromatic heterocycles. The molecule has 0 aromatic carbocycles. The Bertz CT molecular complexity index is 632. The molecule has 104 valence electrons. The number of nitrogen functional groups attached to an aromatic ring is 1. The van der Waals surface area contributed by atoms with E-state index < -0.39 is 5.97 Å². The second kappa shape index (κ2) is 5.64. The number of aromatic nitrogens is 3. The van der Waals surface area contributed by atoms with Crippen molar-refractivity contribution in [3.8, 4) is 11.4 Å². The lowest BCUT2D eigenvalue weighted by Gasteiger charge is -2.10. The summed E-state index contributed by atoms with van der Waals surface area (Å²) < 4.78 is 4.68. The fourth-order valence-electron chi connectivity index (χ4n) is 2.00. The zero-order chi connectivity index (χ0) is 14.7. The molecule has 0 saturated carbocycles. The van der Waals surface area contributed by atoms with Gasteiger partial charge in [-0.3, -0.25) is 4.98 Å². The van der Waals surface area contributed by atoms with Crippen molar-refractivity contribution < 1.29 is 9.53 Å². The molecule has 2 aromatic rings. The van der Waals surface area contributed by atoms with E-state index in [1.807, 2.05) is 13.0 Å². The Balaban J connectivity index is 2.58. The third kappa shape index (κ3) is 2.45. The predicted molar refractivity (Wildman–Crippen MR) is 75.1 cm³/mol. The number of nitrogens with zero attached hydrogens (tertiary/aromatic N) is 3. The van der Waals surface area contributed by atoms with Gasteiger partial charge in [-0.1, -0.05) is 6.92 Å². The molecule has 0 aliphatic carbocycles. The van der Waals surface area contributed by atoms with E-state index in [9.17, 15) is 4.79 Å². The molecule has 0 amide bonds. The Kier molecular flexibility index (Phi) is 3.93. The van der Waals surface area contributed by atoms with Crippen LogP contribution in [0.2, 0.25) is 0 Å². The maximum atomic E-state index is 11.6. The van der Waals surface area contributed by atoms with Crippen LogP contribution in [-0.2, 0) is 11.2 Å². The van der Waals surface area contributed by atoms with E-state index in [1.54, 1.807) is 19.3 Å². The standard InChI is InChI=1S/C14H16N4O2/c1-4-9-7-16-6-5-10(9)13-17-8(2)11(12(15)18-13)14(19)20-3/h5-7H,4H2,1-3H3,(H2,15,17,18). The van der Waals surface area contributed by atoms with E-state index in [-0.39, 0.29) is 11.4 Å². The molecule has 0 spiro atoms. The molecular weight excluding hydrogens is 256 g/mol. The number of nitrogens with two attached hydrogens (primary N) is 1. The fourth-order valence-corrected chi connectivity index (χ4v) is 2.00. The van der Waals surface area contributed by atoms with Crippen LogP contribution in [0.5, 0.6) is 0 Å². The second-order valence-corrected chi connectivity index (χ2v) is 4.27. The summed E-state index contributed by atoms with van der Waals surface area (Å²) in [5.74, 6) is 0.0853. The summed E-state index contributed by atoms with van der Waals surface area (Å²) in [6.45, 7) is 3.74. The lowest BCUT2D eigenvalue weighted by molar-refractivity contribution is 0.0600. The smallest absolute Gasteiger partial charge is 0.343 e. The van der Waals surface area contributed by atoms with Crippen molar-refractivity contribution in [2.75, 3.05) is 12.8 Å². The van der Waals surface area contributed by atoms with Gasteiger partial charge >= 0.3 is 5.97 Å². The average molecular weight is 272 g/mol. The molecule has 0 atom stereocenters. The second-order valence-electron chi connectivity index (χ2n) is 4.27. The van der Waals surface area contributed by atoms with Crippen LogP contribution in [0.3, 0.4) is 0 Å². The first kappa shape index (κ1) is 13.9. The number of ether oxygens (including phenoxy) is 1. The van der Waals surface area contributed by atoms with Gasteiger partial charge in [0.15, 0.2) is 5.82 Å². The van der Waals surface area contributed by atoms with Gasteiger partial charge in [0.25, 0.3) is 0 Å². The summed E-state index contributed by atoms with van der Waals surface area (Å²) in [7, 11) is 1.30. The fraction of sp³-hybridized carbons (Fsp3) is 0.286. The van der Waals surface area contributed by atoms with Gasteiger partial charge in [0.1, 0.15) is 11.4 Å². The molecule has 0 unspecified atom stereocenters. The van der Waals surface area contributed by atoms with Crippen LogP contribution >= 0.6 is 0 Å². The molecule has 0 radical (unpaired) electrons.